The van der Waals surface area contributed by atoms with Gasteiger partial charge in [-0.15, -0.1) is 0 Å². The molecule has 0 aliphatic carbocycles. The summed E-state index contributed by atoms with van der Waals surface area (Å²) in [5, 5.41) is 2.95. The Morgan fingerprint density at radius 2 is 1.92 bits per heavy atom. The minimum atomic E-state index is -0.508. The van der Waals surface area contributed by atoms with Gasteiger partial charge in [-0.3, -0.25) is 9.59 Å². The van der Waals surface area contributed by atoms with Crippen LogP contribution in [0.5, 0.6) is 5.75 Å². The molecule has 0 radical (unpaired) electrons. The van der Waals surface area contributed by atoms with Gasteiger partial charge in [0.15, 0.2) is 6.61 Å². The highest BCUT2D eigenvalue weighted by Crippen LogP contribution is 2.25. The van der Waals surface area contributed by atoms with E-state index in [9.17, 15) is 9.59 Å². The summed E-state index contributed by atoms with van der Waals surface area (Å²) in [4.78, 5) is 25.5. The van der Waals surface area contributed by atoms with Gasteiger partial charge in [0.1, 0.15) is 5.75 Å². The van der Waals surface area contributed by atoms with Crippen LogP contribution in [0.15, 0.2) is 24.3 Å². The molecule has 0 unspecified atom stereocenters. The first-order chi connectivity index (χ1) is 11.4. The Bertz CT molecular complexity index is 546. The molecule has 0 bridgehead atoms. The summed E-state index contributed by atoms with van der Waals surface area (Å²) < 4.78 is 5.48. The monoisotopic (exact) mass is 335 g/mol. The number of hydrogen-bond acceptors (Lipinski definition) is 4. The Morgan fingerprint density at radius 1 is 1.25 bits per heavy atom. The van der Waals surface area contributed by atoms with Crippen LogP contribution in [-0.2, 0) is 16.1 Å². The zero-order valence-corrected chi connectivity index (χ0v) is 15.1. The second-order valence-electron chi connectivity index (χ2n) is 6.10. The summed E-state index contributed by atoms with van der Waals surface area (Å²) in [6, 6.07) is 7.36. The molecule has 0 fully saturated rings. The average molecular weight is 335 g/mol. The van der Waals surface area contributed by atoms with Crippen LogP contribution < -0.4 is 15.8 Å². The van der Waals surface area contributed by atoms with E-state index in [0.717, 1.165) is 5.56 Å². The Balaban J connectivity index is 2.65. The van der Waals surface area contributed by atoms with Crippen LogP contribution in [0.1, 0.15) is 32.3 Å². The molecule has 0 aliphatic heterocycles. The van der Waals surface area contributed by atoms with Crippen LogP contribution in [0.2, 0.25) is 0 Å². The summed E-state index contributed by atoms with van der Waals surface area (Å²) >= 11 is 0. The summed E-state index contributed by atoms with van der Waals surface area (Å²) in [5.41, 5.74) is 6.20. The lowest BCUT2D eigenvalue weighted by atomic mass is 9.81. The van der Waals surface area contributed by atoms with Crippen molar-refractivity contribution in [3.8, 4) is 5.75 Å². The van der Waals surface area contributed by atoms with Crippen molar-refractivity contribution >= 4 is 11.8 Å². The van der Waals surface area contributed by atoms with Crippen LogP contribution in [-0.4, -0.2) is 44.0 Å². The predicted octanol–water partition coefficient (Wildman–Crippen LogP) is 1.53. The zero-order chi connectivity index (χ0) is 18.2. The quantitative estimate of drug-likeness (QED) is 0.717. The fourth-order valence-electron chi connectivity index (χ4n) is 2.34. The van der Waals surface area contributed by atoms with E-state index in [2.05, 4.69) is 5.32 Å². The van der Waals surface area contributed by atoms with Crippen molar-refractivity contribution in [2.75, 3.05) is 27.2 Å². The van der Waals surface area contributed by atoms with E-state index >= 15 is 0 Å². The van der Waals surface area contributed by atoms with E-state index in [1.54, 1.807) is 20.2 Å². The number of carbonyl (C=O) groups is 2. The summed E-state index contributed by atoms with van der Waals surface area (Å²) in [7, 11) is 3.37. The summed E-state index contributed by atoms with van der Waals surface area (Å²) in [6.07, 6.45) is 1.42. The summed E-state index contributed by atoms with van der Waals surface area (Å²) in [5.74, 6) is 0.476. The van der Waals surface area contributed by atoms with Gasteiger partial charge in [-0.2, -0.15) is 0 Å². The van der Waals surface area contributed by atoms with Gasteiger partial charge in [0.2, 0.25) is 5.91 Å². The van der Waals surface area contributed by atoms with Gasteiger partial charge in [0.25, 0.3) is 5.91 Å². The highest BCUT2D eigenvalue weighted by atomic mass is 16.5. The molecule has 1 rings (SSSR count). The van der Waals surface area contributed by atoms with Crippen molar-refractivity contribution in [3.63, 3.8) is 0 Å². The number of amides is 2. The van der Waals surface area contributed by atoms with Gasteiger partial charge in [-0.1, -0.05) is 26.0 Å². The fourth-order valence-corrected chi connectivity index (χ4v) is 2.34. The lowest BCUT2D eigenvalue weighted by molar-refractivity contribution is -0.131. The standard InChI is InChI=1S/C18H29N3O3/c1-5-18(6-2,13-19)17(23)20-11-14-8-7-9-15(10-14)24-12-16(22)21(3)4/h7-10H,5-6,11-13,19H2,1-4H3,(H,20,23). The van der Waals surface area contributed by atoms with E-state index in [4.69, 9.17) is 10.5 Å². The van der Waals surface area contributed by atoms with E-state index in [0.29, 0.717) is 31.7 Å². The SMILES string of the molecule is CCC(CC)(CN)C(=O)NCc1cccc(OCC(=O)N(C)C)c1. The van der Waals surface area contributed by atoms with Crippen LogP contribution in [0.25, 0.3) is 0 Å². The Labute approximate surface area is 144 Å². The number of carbonyl (C=O) groups excluding carboxylic acids is 2. The van der Waals surface area contributed by atoms with Gasteiger partial charge >= 0.3 is 0 Å². The molecule has 0 saturated heterocycles. The van der Waals surface area contributed by atoms with Crippen molar-refractivity contribution < 1.29 is 14.3 Å². The number of nitrogens with two attached hydrogens (primary N) is 1. The van der Waals surface area contributed by atoms with Crippen molar-refractivity contribution in [1.82, 2.24) is 10.2 Å². The molecule has 1 aromatic carbocycles. The number of benzene rings is 1. The maximum atomic E-state index is 12.4. The zero-order valence-electron chi connectivity index (χ0n) is 15.1. The number of nitrogens with one attached hydrogen (secondary N) is 1. The topological polar surface area (TPSA) is 84.7 Å². The number of likely N-dealkylation sites (N-methyl/N-ethyl adjacent to an activating group) is 1. The first-order valence-electron chi connectivity index (χ1n) is 8.28. The molecule has 1 aromatic rings. The number of rotatable bonds is 9. The lowest BCUT2D eigenvalue weighted by Gasteiger charge is -2.28. The molecule has 0 atom stereocenters. The third-order valence-corrected chi connectivity index (χ3v) is 4.44. The molecule has 2 amide bonds. The van der Waals surface area contributed by atoms with Crippen molar-refractivity contribution in [2.24, 2.45) is 11.1 Å². The van der Waals surface area contributed by atoms with Crippen molar-refractivity contribution in [1.29, 1.82) is 0 Å². The van der Waals surface area contributed by atoms with Crippen molar-refractivity contribution in [3.05, 3.63) is 29.8 Å². The average Bonchev–Trinajstić information content (AvgIpc) is 2.60. The third-order valence-electron chi connectivity index (χ3n) is 4.44. The normalized spacial score (nSPS) is 11.0. The molecule has 0 heterocycles. The van der Waals surface area contributed by atoms with E-state index in [1.807, 2.05) is 32.0 Å². The molecular formula is C18H29N3O3. The first kappa shape index (κ1) is 20.0. The minimum absolute atomic E-state index is 0.00916. The number of nitrogens with zero attached hydrogens (tertiary/aromatic N) is 1. The summed E-state index contributed by atoms with van der Waals surface area (Å²) in [6.45, 7) is 4.68. The van der Waals surface area contributed by atoms with Gasteiger partial charge in [-0.25, -0.2) is 0 Å². The maximum Gasteiger partial charge on any atom is 0.259 e. The maximum absolute atomic E-state index is 12.4. The van der Waals surface area contributed by atoms with Gasteiger partial charge < -0.3 is 20.7 Å². The van der Waals surface area contributed by atoms with Crippen LogP contribution in [0, 0.1) is 5.41 Å². The Kier molecular flexibility index (Phi) is 7.71. The van der Waals surface area contributed by atoms with Crippen LogP contribution in [0.3, 0.4) is 0 Å². The van der Waals surface area contributed by atoms with E-state index < -0.39 is 5.41 Å². The lowest BCUT2D eigenvalue weighted by Crippen LogP contribution is -2.45. The number of ether oxygens (including phenoxy) is 1. The first-order valence-corrected chi connectivity index (χ1v) is 8.28. The van der Waals surface area contributed by atoms with E-state index in [-0.39, 0.29) is 18.4 Å². The van der Waals surface area contributed by atoms with Crippen LogP contribution >= 0.6 is 0 Å². The molecule has 134 valence electrons. The molecule has 6 nitrogen and oxygen atoms in total. The fraction of sp³-hybridized carbons (Fsp3) is 0.556. The Morgan fingerprint density at radius 3 is 2.46 bits per heavy atom. The van der Waals surface area contributed by atoms with Gasteiger partial charge in [-0.05, 0) is 30.5 Å². The molecule has 3 N–H and O–H groups in total. The van der Waals surface area contributed by atoms with E-state index in [1.165, 1.54) is 4.90 Å². The molecular weight excluding hydrogens is 306 g/mol. The second-order valence-corrected chi connectivity index (χ2v) is 6.10. The highest BCUT2D eigenvalue weighted by Gasteiger charge is 2.32. The molecule has 0 aromatic heterocycles. The molecule has 0 aliphatic rings. The predicted molar refractivity (Wildman–Crippen MR) is 94.5 cm³/mol. The molecule has 24 heavy (non-hydrogen) atoms. The third kappa shape index (κ3) is 5.23. The smallest absolute Gasteiger partial charge is 0.259 e. The second kappa shape index (κ2) is 9.27. The van der Waals surface area contributed by atoms with Gasteiger partial charge in [0, 0.05) is 27.2 Å². The van der Waals surface area contributed by atoms with Gasteiger partial charge in [0.05, 0.1) is 5.41 Å². The largest absolute Gasteiger partial charge is 0.484 e. The molecule has 0 saturated carbocycles. The Hall–Kier alpha value is -2.08. The van der Waals surface area contributed by atoms with Crippen molar-refractivity contribution in [2.45, 2.75) is 33.2 Å². The number of hydrogen-bond donors (Lipinski definition) is 2. The highest BCUT2D eigenvalue weighted by molar-refractivity contribution is 5.82. The minimum Gasteiger partial charge on any atom is -0.484 e. The van der Waals surface area contributed by atoms with Crippen LogP contribution in [0.4, 0.5) is 0 Å². The molecule has 0 spiro atoms. The molecule has 6 heteroatoms.